The highest BCUT2D eigenvalue weighted by molar-refractivity contribution is 6.17. The zero-order chi connectivity index (χ0) is 9.82. The minimum Gasteiger partial charge on any atom is -0.127 e. The summed E-state index contributed by atoms with van der Waals surface area (Å²) in [6.07, 6.45) is 9.39. The Morgan fingerprint density at radius 3 is 2.17 bits per heavy atom. The molecule has 1 heteroatoms. The molecule has 0 aromatic heterocycles. The highest BCUT2D eigenvalue weighted by atomic mass is 35.5. The first kappa shape index (κ1) is 13.8. The molecule has 0 spiro atoms. The van der Waals surface area contributed by atoms with Gasteiger partial charge in [-0.25, -0.2) is 0 Å². The van der Waals surface area contributed by atoms with Gasteiger partial charge in [0.2, 0.25) is 0 Å². The maximum atomic E-state index is 5.00. The van der Waals surface area contributed by atoms with Gasteiger partial charge < -0.3 is 0 Å². The Balaban J connectivity index is 0. The molecule has 68 valence electrons. The molecule has 0 aliphatic rings. The summed E-state index contributed by atoms with van der Waals surface area (Å²) in [5.41, 5.74) is 1.12. The van der Waals surface area contributed by atoms with Gasteiger partial charge in [-0.1, -0.05) is 50.5 Å². The molecular weight excluding hydrogens is 168 g/mol. The van der Waals surface area contributed by atoms with Crippen molar-refractivity contribution >= 4 is 11.6 Å². The Hall–Kier alpha value is -0.750. The van der Waals surface area contributed by atoms with Gasteiger partial charge in [-0.05, 0) is 12.5 Å². The van der Waals surface area contributed by atoms with Crippen molar-refractivity contribution in [3.63, 3.8) is 0 Å². The molecule has 0 aromatic carbocycles. The van der Waals surface area contributed by atoms with Crippen LogP contribution in [0.3, 0.4) is 0 Å². The Bertz CT molecular complexity index is 164. The van der Waals surface area contributed by atoms with Crippen LogP contribution >= 0.6 is 11.6 Å². The lowest BCUT2D eigenvalue weighted by molar-refractivity contribution is 1.51. The summed E-state index contributed by atoms with van der Waals surface area (Å²) in [6, 6.07) is 0. The van der Waals surface area contributed by atoms with Crippen molar-refractivity contribution in [2.75, 3.05) is 5.88 Å². The molecule has 0 bridgehead atoms. The molecule has 0 aliphatic heterocycles. The van der Waals surface area contributed by atoms with Crippen molar-refractivity contribution in [2.45, 2.75) is 13.8 Å². The molecule has 0 atom stereocenters. The van der Waals surface area contributed by atoms with Gasteiger partial charge in [-0.3, -0.25) is 0 Å². The minimum absolute atomic E-state index is 0.722. The van der Waals surface area contributed by atoms with Gasteiger partial charge in [0.25, 0.3) is 0 Å². The number of rotatable bonds is 3. The highest BCUT2D eigenvalue weighted by Gasteiger charge is 1.75. The Kier molecular flexibility index (Phi) is 14.8. The van der Waals surface area contributed by atoms with E-state index in [9.17, 15) is 0 Å². The normalized spacial score (nSPS) is 10.4. The predicted molar refractivity (Wildman–Crippen MR) is 59.7 cm³/mol. The van der Waals surface area contributed by atoms with Gasteiger partial charge in [-0.2, -0.15) is 0 Å². The van der Waals surface area contributed by atoms with Gasteiger partial charge in [0, 0.05) is 5.88 Å². The van der Waals surface area contributed by atoms with E-state index < -0.39 is 0 Å². The first-order chi connectivity index (χ1) is 5.76. The second-order valence-electron chi connectivity index (χ2n) is 1.85. The number of hydrogen-bond acceptors (Lipinski definition) is 0. The summed E-state index contributed by atoms with van der Waals surface area (Å²) in [4.78, 5) is 0. The van der Waals surface area contributed by atoms with Crippen molar-refractivity contribution in [3.05, 3.63) is 49.1 Å². The fourth-order valence-electron chi connectivity index (χ4n) is 0.461. The summed E-state index contributed by atoms with van der Waals surface area (Å²) in [5.74, 6) is 0.722. The van der Waals surface area contributed by atoms with Crippen molar-refractivity contribution in [3.8, 4) is 0 Å². The fraction of sp³-hybridized carbons (Fsp3) is 0.273. The van der Waals surface area contributed by atoms with Crippen LogP contribution in [-0.2, 0) is 0 Å². The van der Waals surface area contributed by atoms with Crippen LogP contribution < -0.4 is 0 Å². The lowest BCUT2D eigenvalue weighted by Gasteiger charge is -1.85. The third-order valence-corrected chi connectivity index (χ3v) is 0.994. The summed E-state index contributed by atoms with van der Waals surface area (Å²) < 4.78 is 0. The second kappa shape index (κ2) is 12.9. The zero-order valence-corrected chi connectivity index (χ0v) is 8.64. The van der Waals surface area contributed by atoms with Crippen LogP contribution in [0.4, 0.5) is 0 Å². The lowest BCUT2D eigenvalue weighted by atomic mass is 10.2. The topological polar surface area (TPSA) is 0 Å². The molecule has 0 fully saturated rings. The molecule has 0 aromatic rings. The Labute approximate surface area is 80.9 Å². The van der Waals surface area contributed by atoms with Gasteiger partial charge in [0.05, 0.1) is 0 Å². The van der Waals surface area contributed by atoms with E-state index in [1.807, 2.05) is 32.1 Å². The van der Waals surface area contributed by atoms with Gasteiger partial charge in [-0.15, -0.1) is 11.6 Å². The lowest BCUT2D eigenvalue weighted by Crippen LogP contribution is -1.64. The van der Waals surface area contributed by atoms with Crippen LogP contribution in [0.25, 0.3) is 0 Å². The van der Waals surface area contributed by atoms with Crippen LogP contribution in [0.5, 0.6) is 0 Å². The summed E-state index contributed by atoms with van der Waals surface area (Å²) in [5, 5.41) is 0. The number of hydrogen-bond donors (Lipinski definition) is 0. The molecule has 0 heterocycles. The smallest absolute Gasteiger partial charge is 0.0195 e. The molecule has 0 saturated carbocycles. The van der Waals surface area contributed by atoms with E-state index in [1.54, 1.807) is 12.2 Å². The van der Waals surface area contributed by atoms with E-state index >= 15 is 0 Å². The quantitative estimate of drug-likeness (QED) is 0.458. The molecule has 0 saturated heterocycles. The Morgan fingerprint density at radius 2 is 1.92 bits per heavy atom. The molecule has 0 aliphatic carbocycles. The van der Waals surface area contributed by atoms with Gasteiger partial charge in [0.15, 0.2) is 0 Å². The largest absolute Gasteiger partial charge is 0.127 e. The second-order valence-corrected chi connectivity index (χ2v) is 2.39. The predicted octanol–water partition coefficient (Wildman–Crippen LogP) is 4.11. The Morgan fingerprint density at radius 1 is 1.42 bits per heavy atom. The molecule has 0 unspecified atom stereocenters. The average Bonchev–Trinajstić information content (AvgIpc) is 2.08. The van der Waals surface area contributed by atoms with Crippen LogP contribution in [0.2, 0.25) is 0 Å². The van der Waals surface area contributed by atoms with Crippen LogP contribution in [0, 0.1) is 0 Å². The average molecular weight is 185 g/mol. The van der Waals surface area contributed by atoms with Crippen LogP contribution in [0.1, 0.15) is 13.8 Å². The van der Waals surface area contributed by atoms with E-state index in [2.05, 4.69) is 13.2 Å². The summed E-state index contributed by atoms with van der Waals surface area (Å²) in [6.45, 7) is 11.1. The molecular formula is C11H17Cl. The third kappa shape index (κ3) is 12.0. The monoisotopic (exact) mass is 184 g/mol. The summed E-state index contributed by atoms with van der Waals surface area (Å²) >= 11 is 5.00. The third-order valence-electron chi connectivity index (χ3n) is 0.994. The maximum Gasteiger partial charge on any atom is 0.0195 e. The first-order valence-corrected chi connectivity index (χ1v) is 4.44. The maximum absolute atomic E-state index is 5.00. The van der Waals surface area contributed by atoms with Crippen LogP contribution in [-0.4, -0.2) is 5.88 Å². The van der Waals surface area contributed by atoms with Crippen molar-refractivity contribution < 1.29 is 0 Å². The van der Waals surface area contributed by atoms with Gasteiger partial charge >= 0.3 is 0 Å². The molecule has 0 N–H and O–H groups in total. The van der Waals surface area contributed by atoms with Crippen LogP contribution in [0.15, 0.2) is 49.1 Å². The molecule has 0 amide bonds. The number of alkyl halides is 1. The van der Waals surface area contributed by atoms with E-state index in [0.717, 1.165) is 11.5 Å². The van der Waals surface area contributed by atoms with Gasteiger partial charge in [0.1, 0.15) is 0 Å². The molecule has 0 nitrogen and oxygen atoms in total. The molecule has 0 radical (unpaired) electrons. The first-order valence-electron chi connectivity index (χ1n) is 3.90. The summed E-state index contributed by atoms with van der Waals surface area (Å²) in [7, 11) is 0. The van der Waals surface area contributed by atoms with E-state index in [-0.39, 0.29) is 0 Å². The van der Waals surface area contributed by atoms with E-state index in [0.29, 0.717) is 0 Å². The molecule has 12 heavy (non-hydrogen) atoms. The van der Waals surface area contributed by atoms with Crippen molar-refractivity contribution in [1.82, 2.24) is 0 Å². The molecule has 0 rings (SSSR count). The zero-order valence-electron chi connectivity index (χ0n) is 7.89. The standard InChI is InChI=1S/C9H12.C2H5Cl/c1-4-7-8-9(5-2)6-3;1-2-3/h4-8H,1-2H2,3H3;2H2,1H3/b8-7-,9-6-;. The fourth-order valence-corrected chi connectivity index (χ4v) is 0.461. The number of halogens is 1. The van der Waals surface area contributed by atoms with Crippen molar-refractivity contribution in [2.24, 2.45) is 0 Å². The number of allylic oxidation sites excluding steroid dienone is 6. The van der Waals surface area contributed by atoms with E-state index in [1.165, 1.54) is 0 Å². The SMILES string of the molecule is C=C/C=C\C(C=C)=C/C.CCCl. The minimum atomic E-state index is 0.722. The van der Waals surface area contributed by atoms with E-state index in [4.69, 9.17) is 11.6 Å². The highest BCUT2D eigenvalue weighted by Crippen LogP contribution is 1.96. The van der Waals surface area contributed by atoms with Crippen molar-refractivity contribution in [1.29, 1.82) is 0 Å².